The Morgan fingerprint density at radius 3 is 1.23 bits per heavy atom. The highest BCUT2D eigenvalue weighted by Gasteiger charge is 2.46. The topological polar surface area (TPSA) is 29.5 Å². The largest absolute Gasteiger partial charge is 0.449 e. The van der Waals surface area contributed by atoms with E-state index in [1.807, 2.05) is 0 Å². The van der Waals surface area contributed by atoms with Crippen molar-refractivity contribution in [3.63, 3.8) is 0 Å². The molecule has 14 rings (SSSR count). The highest BCUT2D eigenvalue weighted by molar-refractivity contribution is 6.26. The van der Waals surface area contributed by atoms with Gasteiger partial charge in [-0.15, -0.1) is 0 Å². The van der Waals surface area contributed by atoms with Crippen LogP contribution in [0.2, 0.25) is 0 Å². The zero-order valence-electron chi connectivity index (χ0n) is 38.1. The molecule has 1 aliphatic carbocycles. The van der Waals surface area contributed by atoms with Crippen LogP contribution < -0.4 is 4.90 Å². The molecule has 0 aliphatic heterocycles. The third kappa shape index (κ3) is 6.15. The van der Waals surface area contributed by atoms with Crippen LogP contribution in [0.25, 0.3) is 87.7 Å². The summed E-state index contributed by atoms with van der Waals surface area (Å²) in [6, 6.07) is 94.1. The van der Waals surface area contributed by atoms with E-state index in [1.54, 1.807) is 0 Å². The first-order valence-corrected chi connectivity index (χ1v) is 24.0. The van der Waals surface area contributed by atoms with Crippen molar-refractivity contribution in [2.75, 3.05) is 4.90 Å². The van der Waals surface area contributed by atoms with Gasteiger partial charge in [-0.2, -0.15) is 0 Å². The van der Waals surface area contributed by atoms with Crippen molar-refractivity contribution < 1.29 is 8.83 Å². The lowest BCUT2D eigenvalue weighted by molar-refractivity contribution is 0.582. The van der Waals surface area contributed by atoms with Gasteiger partial charge in [0.05, 0.1) is 11.1 Å². The van der Waals surface area contributed by atoms with Crippen LogP contribution in [0.1, 0.15) is 22.3 Å². The molecule has 0 radical (unpaired) electrons. The van der Waals surface area contributed by atoms with E-state index in [4.69, 9.17) is 8.83 Å². The number of nitrogens with zero attached hydrogens (tertiary/aromatic N) is 1. The van der Waals surface area contributed by atoms with Gasteiger partial charge in [0, 0.05) is 17.4 Å². The molecule has 0 amide bonds. The average Bonchev–Trinajstić information content (AvgIpc) is 3.73. The maximum Gasteiger partial charge on any atom is 0.172 e. The molecule has 3 heteroatoms. The lowest BCUT2D eigenvalue weighted by Gasteiger charge is -2.35. The summed E-state index contributed by atoms with van der Waals surface area (Å²) in [7, 11) is 0. The van der Waals surface area contributed by atoms with Crippen molar-refractivity contribution in [2.24, 2.45) is 0 Å². The maximum atomic E-state index is 7.04. The first-order chi connectivity index (χ1) is 34.7. The lowest BCUT2D eigenvalue weighted by Crippen LogP contribution is -2.28. The Balaban J connectivity index is 1.00. The summed E-state index contributed by atoms with van der Waals surface area (Å²) in [5, 5.41) is 9.29. The molecule has 3 nitrogen and oxygen atoms in total. The van der Waals surface area contributed by atoms with E-state index in [1.165, 1.54) is 60.5 Å². The van der Waals surface area contributed by atoms with Gasteiger partial charge in [0.25, 0.3) is 0 Å². The van der Waals surface area contributed by atoms with Gasteiger partial charge in [-0.3, -0.25) is 0 Å². The molecule has 1 aromatic heterocycles. The van der Waals surface area contributed by atoms with Crippen molar-refractivity contribution >= 4 is 82.5 Å². The average molecular weight is 894 g/mol. The predicted molar refractivity (Wildman–Crippen MR) is 291 cm³/mol. The molecule has 0 fully saturated rings. The van der Waals surface area contributed by atoms with Gasteiger partial charge in [0.2, 0.25) is 0 Å². The Morgan fingerprint density at radius 1 is 0.257 bits per heavy atom. The Kier molecular flexibility index (Phi) is 9.11. The van der Waals surface area contributed by atoms with Gasteiger partial charge in [-0.1, -0.05) is 206 Å². The van der Waals surface area contributed by atoms with E-state index in [2.05, 4.69) is 266 Å². The SMILES string of the molecule is c1ccc(-c2ccc(N(c3ccc4c(c3)C(c3ccccc3)(c3ccccc3)c3ccccc3-4)c3ccc4oc5cc6c7ccccc7c7ccccc7c7ccccc7c6cc5oc4c3)cc2)cc1. The molecule has 0 saturated carbocycles. The fraction of sp³-hybridized carbons (Fsp3) is 0.0149. The van der Waals surface area contributed by atoms with E-state index in [0.717, 1.165) is 44.2 Å². The summed E-state index contributed by atoms with van der Waals surface area (Å²) in [5.74, 6) is 0. The minimum atomic E-state index is -0.554. The highest BCUT2D eigenvalue weighted by atomic mass is 16.4. The van der Waals surface area contributed by atoms with Crippen molar-refractivity contribution in [3.05, 3.63) is 283 Å². The van der Waals surface area contributed by atoms with Crippen LogP contribution in [0.3, 0.4) is 0 Å². The molecule has 0 atom stereocenters. The molecule has 1 aliphatic rings. The minimum Gasteiger partial charge on any atom is -0.449 e. The van der Waals surface area contributed by atoms with Gasteiger partial charge in [0.1, 0.15) is 0 Å². The molecular formula is C67H43NO2. The summed E-state index contributed by atoms with van der Waals surface area (Å²) < 4.78 is 13.9. The Bertz CT molecular complexity index is 4190. The smallest absolute Gasteiger partial charge is 0.172 e. The summed E-state index contributed by atoms with van der Waals surface area (Å²) >= 11 is 0. The Hall–Kier alpha value is -9.18. The zero-order chi connectivity index (χ0) is 46.2. The van der Waals surface area contributed by atoms with Crippen molar-refractivity contribution in [1.82, 2.24) is 0 Å². The standard InChI is InChI=1S/C67H43NO2/c1-4-18-44(19-5-1)45-32-34-48(35-33-45)68(49-36-38-58-57-30-16-17-31-61(57)67(62(58)40-49,46-20-6-2-7-21-46)47-22-8-3-9-23-47)50-37-39-63-64(41-50)70-66-43-60-56-29-15-13-27-54(56)52-25-11-10-24-51(52)53-26-12-14-28-55(53)59(60)42-65(66)69-63/h1-43H. The molecule has 0 N–H and O–H groups in total. The van der Waals surface area contributed by atoms with Gasteiger partial charge < -0.3 is 13.7 Å². The van der Waals surface area contributed by atoms with Crippen LogP contribution in [-0.2, 0) is 5.41 Å². The summed E-state index contributed by atoms with van der Waals surface area (Å²) in [6.07, 6.45) is 0. The van der Waals surface area contributed by atoms with Crippen LogP contribution >= 0.6 is 0 Å². The maximum absolute atomic E-state index is 7.04. The fourth-order valence-corrected chi connectivity index (χ4v) is 11.5. The second-order valence-electron chi connectivity index (χ2n) is 18.3. The minimum absolute atomic E-state index is 0.554. The van der Waals surface area contributed by atoms with E-state index < -0.39 is 5.41 Å². The monoisotopic (exact) mass is 893 g/mol. The number of benzene rings is 11. The third-order valence-electron chi connectivity index (χ3n) is 14.6. The number of rotatable bonds is 6. The molecule has 0 saturated heterocycles. The van der Waals surface area contributed by atoms with Crippen molar-refractivity contribution in [3.8, 4) is 22.3 Å². The van der Waals surface area contributed by atoms with Gasteiger partial charge in [0.15, 0.2) is 22.3 Å². The summed E-state index contributed by atoms with van der Waals surface area (Å²) in [5.41, 5.74) is 14.9. The summed E-state index contributed by atoms with van der Waals surface area (Å²) in [6.45, 7) is 0. The lowest BCUT2D eigenvalue weighted by atomic mass is 9.67. The first kappa shape index (κ1) is 39.9. The van der Waals surface area contributed by atoms with Crippen molar-refractivity contribution in [1.29, 1.82) is 0 Å². The quantitative estimate of drug-likeness (QED) is 0.156. The summed E-state index contributed by atoms with van der Waals surface area (Å²) in [4.78, 5) is 2.35. The number of hydrogen-bond donors (Lipinski definition) is 0. The van der Waals surface area contributed by atoms with Gasteiger partial charge in [-0.05, 0) is 136 Å². The molecule has 12 aromatic carbocycles. The molecular weight excluding hydrogens is 851 g/mol. The van der Waals surface area contributed by atoms with E-state index in [9.17, 15) is 0 Å². The number of hydrogen-bond acceptors (Lipinski definition) is 3. The fourth-order valence-electron chi connectivity index (χ4n) is 11.5. The van der Waals surface area contributed by atoms with Gasteiger partial charge >= 0.3 is 0 Å². The molecule has 328 valence electrons. The van der Waals surface area contributed by atoms with Crippen LogP contribution in [0.15, 0.2) is 270 Å². The molecule has 13 aromatic rings. The second kappa shape index (κ2) is 16.0. The molecule has 0 bridgehead atoms. The van der Waals surface area contributed by atoms with E-state index >= 15 is 0 Å². The zero-order valence-corrected chi connectivity index (χ0v) is 38.1. The molecule has 0 unspecified atom stereocenters. The molecule has 70 heavy (non-hydrogen) atoms. The Labute approximate surface area is 405 Å². The number of fused-ring (bicyclic) bond motifs is 13. The first-order valence-electron chi connectivity index (χ1n) is 24.0. The normalized spacial score (nSPS) is 12.7. The van der Waals surface area contributed by atoms with Gasteiger partial charge in [-0.25, -0.2) is 0 Å². The van der Waals surface area contributed by atoms with Crippen LogP contribution in [-0.4, -0.2) is 0 Å². The van der Waals surface area contributed by atoms with Crippen LogP contribution in [0.4, 0.5) is 17.1 Å². The van der Waals surface area contributed by atoms with Crippen LogP contribution in [0.5, 0.6) is 0 Å². The van der Waals surface area contributed by atoms with E-state index in [0.29, 0.717) is 22.3 Å². The Morgan fingerprint density at radius 2 is 0.657 bits per heavy atom. The molecule has 0 spiro atoms. The predicted octanol–water partition coefficient (Wildman–Crippen LogP) is 18.4. The van der Waals surface area contributed by atoms with E-state index in [-0.39, 0.29) is 0 Å². The van der Waals surface area contributed by atoms with Crippen LogP contribution in [0, 0.1) is 0 Å². The third-order valence-corrected chi connectivity index (χ3v) is 14.6. The second-order valence-corrected chi connectivity index (χ2v) is 18.3. The van der Waals surface area contributed by atoms with Crippen molar-refractivity contribution in [2.45, 2.75) is 5.41 Å². The molecule has 1 heterocycles. The number of anilines is 3. The highest BCUT2D eigenvalue weighted by Crippen LogP contribution is 2.57.